The van der Waals surface area contributed by atoms with Crippen LogP contribution in [0.5, 0.6) is 5.75 Å². The average molecular weight is 358 g/mol. The van der Waals surface area contributed by atoms with Gasteiger partial charge in [-0.1, -0.05) is 17.7 Å². The number of nitrogens with one attached hydrogen (secondary N) is 1. The van der Waals surface area contributed by atoms with Gasteiger partial charge in [-0.05, 0) is 56.7 Å². The Morgan fingerprint density at radius 3 is 2.72 bits per heavy atom. The zero-order chi connectivity index (χ0) is 18.0. The van der Waals surface area contributed by atoms with Crippen molar-refractivity contribution in [2.75, 3.05) is 11.9 Å². The monoisotopic (exact) mass is 358 g/mol. The fourth-order valence-corrected chi connectivity index (χ4v) is 4.49. The fraction of sp³-hybridized carbons (Fsp3) is 0.368. The second kappa shape index (κ2) is 7.27. The molecule has 6 heteroatoms. The van der Waals surface area contributed by atoms with E-state index < -0.39 is 5.91 Å². The molecule has 0 fully saturated rings. The van der Waals surface area contributed by atoms with Gasteiger partial charge in [0.2, 0.25) is 0 Å². The van der Waals surface area contributed by atoms with Gasteiger partial charge in [0.1, 0.15) is 10.8 Å². The van der Waals surface area contributed by atoms with Crippen LogP contribution in [0.1, 0.15) is 44.8 Å². The number of fused-ring (bicyclic) bond motifs is 1. The zero-order valence-electron chi connectivity index (χ0n) is 14.5. The highest BCUT2D eigenvalue weighted by molar-refractivity contribution is 7.17. The van der Waals surface area contributed by atoms with E-state index in [0.717, 1.165) is 47.3 Å². The quantitative estimate of drug-likeness (QED) is 0.860. The third-order valence-electron chi connectivity index (χ3n) is 4.36. The van der Waals surface area contributed by atoms with Crippen LogP contribution in [0.2, 0.25) is 0 Å². The molecule has 3 rings (SSSR count). The van der Waals surface area contributed by atoms with E-state index >= 15 is 0 Å². The second-order valence-electron chi connectivity index (χ2n) is 6.39. The Balaban J connectivity index is 1.70. The molecule has 3 N–H and O–H groups in total. The van der Waals surface area contributed by atoms with Crippen LogP contribution in [0.3, 0.4) is 0 Å². The van der Waals surface area contributed by atoms with Crippen LogP contribution >= 0.6 is 11.3 Å². The molecule has 132 valence electrons. The SMILES string of the molecule is Cc1ccc(OCC(=O)Nc2sc3c(c2C(N)=O)CCCC3)c(C)c1. The van der Waals surface area contributed by atoms with Crippen LogP contribution in [-0.4, -0.2) is 18.4 Å². The van der Waals surface area contributed by atoms with E-state index in [1.807, 2.05) is 32.0 Å². The molecule has 0 unspecified atom stereocenters. The first kappa shape index (κ1) is 17.5. The standard InChI is InChI=1S/C19H22N2O3S/c1-11-7-8-14(12(2)9-11)24-10-16(22)21-19-17(18(20)23)13-5-3-4-6-15(13)25-19/h7-9H,3-6,10H2,1-2H3,(H2,20,23)(H,21,22). The summed E-state index contributed by atoms with van der Waals surface area (Å²) in [6.45, 7) is 3.84. The van der Waals surface area contributed by atoms with Crippen molar-refractivity contribution in [3.05, 3.63) is 45.3 Å². The first-order valence-corrected chi connectivity index (χ1v) is 9.21. The summed E-state index contributed by atoms with van der Waals surface area (Å²) < 4.78 is 5.60. The summed E-state index contributed by atoms with van der Waals surface area (Å²) in [5.41, 5.74) is 9.15. The van der Waals surface area contributed by atoms with Crippen molar-refractivity contribution in [2.45, 2.75) is 39.5 Å². The first-order chi connectivity index (χ1) is 12.0. The van der Waals surface area contributed by atoms with Gasteiger partial charge < -0.3 is 15.8 Å². The van der Waals surface area contributed by atoms with E-state index in [1.54, 1.807) is 0 Å². The molecule has 25 heavy (non-hydrogen) atoms. The predicted molar refractivity (Wildman–Crippen MR) is 99.5 cm³/mol. The van der Waals surface area contributed by atoms with Crippen molar-refractivity contribution in [1.29, 1.82) is 0 Å². The molecule has 0 radical (unpaired) electrons. The lowest BCUT2D eigenvalue weighted by Crippen LogP contribution is -2.22. The topological polar surface area (TPSA) is 81.4 Å². The number of hydrogen-bond donors (Lipinski definition) is 2. The summed E-state index contributed by atoms with van der Waals surface area (Å²) in [7, 11) is 0. The molecule has 1 aliphatic rings. The normalized spacial score (nSPS) is 13.2. The predicted octanol–water partition coefficient (Wildman–Crippen LogP) is 3.36. The minimum Gasteiger partial charge on any atom is -0.483 e. The zero-order valence-corrected chi connectivity index (χ0v) is 15.3. The largest absolute Gasteiger partial charge is 0.483 e. The van der Waals surface area contributed by atoms with E-state index in [4.69, 9.17) is 10.5 Å². The number of carbonyl (C=O) groups is 2. The number of carbonyl (C=O) groups excluding carboxylic acids is 2. The van der Waals surface area contributed by atoms with Gasteiger partial charge in [-0.2, -0.15) is 0 Å². The van der Waals surface area contributed by atoms with Crippen LogP contribution in [0.25, 0.3) is 0 Å². The molecule has 0 aliphatic heterocycles. The lowest BCUT2D eigenvalue weighted by Gasteiger charge is -2.11. The van der Waals surface area contributed by atoms with Crippen molar-refractivity contribution in [2.24, 2.45) is 5.73 Å². The Kier molecular flexibility index (Phi) is 5.08. The molecule has 1 aromatic heterocycles. The second-order valence-corrected chi connectivity index (χ2v) is 7.49. The van der Waals surface area contributed by atoms with Gasteiger partial charge in [-0.25, -0.2) is 0 Å². The molecule has 2 amide bonds. The number of nitrogens with two attached hydrogens (primary N) is 1. The van der Waals surface area contributed by atoms with E-state index in [-0.39, 0.29) is 12.5 Å². The van der Waals surface area contributed by atoms with Gasteiger partial charge in [-0.3, -0.25) is 9.59 Å². The Morgan fingerprint density at radius 1 is 1.24 bits per heavy atom. The van der Waals surface area contributed by atoms with Gasteiger partial charge in [0, 0.05) is 4.88 Å². The summed E-state index contributed by atoms with van der Waals surface area (Å²) in [5.74, 6) is -0.0904. The van der Waals surface area contributed by atoms with Crippen LogP contribution in [0.15, 0.2) is 18.2 Å². The Hall–Kier alpha value is -2.34. The molecule has 1 heterocycles. The fourth-order valence-electron chi connectivity index (χ4n) is 3.18. The van der Waals surface area contributed by atoms with Crippen molar-refractivity contribution < 1.29 is 14.3 Å². The number of thiophene rings is 1. The van der Waals surface area contributed by atoms with E-state index in [1.165, 1.54) is 11.3 Å². The van der Waals surface area contributed by atoms with E-state index in [9.17, 15) is 9.59 Å². The van der Waals surface area contributed by atoms with Gasteiger partial charge >= 0.3 is 0 Å². The van der Waals surface area contributed by atoms with Crippen molar-refractivity contribution in [3.63, 3.8) is 0 Å². The van der Waals surface area contributed by atoms with Crippen molar-refractivity contribution in [3.8, 4) is 5.75 Å². The van der Waals surface area contributed by atoms with Crippen LogP contribution in [0.4, 0.5) is 5.00 Å². The number of benzene rings is 1. The van der Waals surface area contributed by atoms with Gasteiger partial charge in [0.15, 0.2) is 6.61 Å². The van der Waals surface area contributed by atoms with E-state index in [2.05, 4.69) is 5.32 Å². The maximum absolute atomic E-state index is 12.3. The van der Waals surface area contributed by atoms with E-state index in [0.29, 0.717) is 16.3 Å². The first-order valence-electron chi connectivity index (χ1n) is 8.40. The summed E-state index contributed by atoms with van der Waals surface area (Å²) in [4.78, 5) is 25.3. The van der Waals surface area contributed by atoms with Crippen LogP contribution in [0, 0.1) is 13.8 Å². The highest BCUT2D eigenvalue weighted by Crippen LogP contribution is 2.37. The van der Waals surface area contributed by atoms with Gasteiger partial charge in [0.25, 0.3) is 11.8 Å². The number of rotatable bonds is 5. The van der Waals surface area contributed by atoms with Crippen molar-refractivity contribution >= 4 is 28.2 Å². The molecule has 0 saturated heterocycles. The van der Waals surface area contributed by atoms with Gasteiger partial charge in [0.05, 0.1) is 5.56 Å². The molecule has 1 aliphatic carbocycles. The minimum absolute atomic E-state index is 0.106. The van der Waals surface area contributed by atoms with Crippen molar-refractivity contribution in [1.82, 2.24) is 0 Å². The number of hydrogen-bond acceptors (Lipinski definition) is 4. The molecule has 2 aromatic rings. The summed E-state index contributed by atoms with van der Waals surface area (Å²) in [6, 6.07) is 5.81. The number of primary amides is 1. The summed E-state index contributed by atoms with van der Waals surface area (Å²) in [6.07, 6.45) is 3.94. The van der Waals surface area contributed by atoms with Crippen LogP contribution < -0.4 is 15.8 Å². The summed E-state index contributed by atoms with van der Waals surface area (Å²) in [5, 5.41) is 3.35. The number of amides is 2. The Bertz CT molecular complexity index is 826. The Morgan fingerprint density at radius 2 is 2.00 bits per heavy atom. The number of anilines is 1. The number of aryl methyl sites for hydroxylation is 3. The third-order valence-corrected chi connectivity index (χ3v) is 5.57. The smallest absolute Gasteiger partial charge is 0.262 e. The average Bonchev–Trinajstić information content (AvgIpc) is 2.91. The molecule has 5 nitrogen and oxygen atoms in total. The molecular formula is C19H22N2O3S. The summed E-state index contributed by atoms with van der Waals surface area (Å²) >= 11 is 1.46. The molecule has 1 aromatic carbocycles. The third kappa shape index (κ3) is 3.85. The molecule has 0 bridgehead atoms. The lowest BCUT2D eigenvalue weighted by atomic mass is 9.95. The van der Waals surface area contributed by atoms with Gasteiger partial charge in [-0.15, -0.1) is 11.3 Å². The Labute approximate surface area is 151 Å². The maximum Gasteiger partial charge on any atom is 0.262 e. The molecule has 0 saturated carbocycles. The highest BCUT2D eigenvalue weighted by atomic mass is 32.1. The maximum atomic E-state index is 12.3. The highest BCUT2D eigenvalue weighted by Gasteiger charge is 2.25. The minimum atomic E-state index is -0.481. The van der Waals surface area contributed by atoms with Crippen LogP contribution in [-0.2, 0) is 17.6 Å². The molecule has 0 atom stereocenters. The molecule has 0 spiro atoms. The molecular weight excluding hydrogens is 336 g/mol. The lowest BCUT2D eigenvalue weighted by molar-refractivity contribution is -0.118. The number of ether oxygens (including phenoxy) is 1.